The number of piperazine rings is 1. The Labute approximate surface area is 110 Å². The molecule has 98 valence electrons. The van der Waals surface area contributed by atoms with Crippen LogP contribution in [-0.2, 0) is 6.42 Å². The highest BCUT2D eigenvalue weighted by Crippen LogP contribution is 2.36. The van der Waals surface area contributed by atoms with Crippen molar-refractivity contribution in [3.8, 4) is 0 Å². The molecule has 1 aliphatic carbocycles. The van der Waals surface area contributed by atoms with Crippen molar-refractivity contribution in [1.82, 2.24) is 10.2 Å². The van der Waals surface area contributed by atoms with Crippen LogP contribution in [0.15, 0.2) is 30.3 Å². The molecule has 2 heteroatoms. The van der Waals surface area contributed by atoms with Gasteiger partial charge in [0.25, 0.3) is 0 Å². The lowest BCUT2D eigenvalue weighted by atomic mass is 10.00. The van der Waals surface area contributed by atoms with Gasteiger partial charge in [-0.2, -0.15) is 0 Å². The van der Waals surface area contributed by atoms with Gasteiger partial charge in [-0.05, 0) is 37.3 Å². The summed E-state index contributed by atoms with van der Waals surface area (Å²) in [4.78, 5) is 2.70. The second-order valence-corrected chi connectivity index (χ2v) is 5.79. The molecule has 1 aliphatic heterocycles. The Hall–Kier alpha value is -0.860. The molecule has 1 aromatic carbocycles. The van der Waals surface area contributed by atoms with Gasteiger partial charge in [0.2, 0.25) is 0 Å². The second-order valence-electron chi connectivity index (χ2n) is 5.79. The Morgan fingerprint density at radius 2 is 2.00 bits per heavy atom. The first-order chi connectivity index (χ1) is 8.86. The van der Waals surface area contributed by atoms with Crippen LogP contribution in [0, 0.1) is 5.92 Å². The lowest BCUT2D eigenvalue weighted by Gasteiger charge is -2.40. The maximum absolute atomic E-state index is 3.76. The molecule has 2 nitrogen and oxygen atoms in total. The standard InChI is InChI=1S/C16H24N2/c1-2-18-12-15(10-13-6-4-3-5-7-13)17-11-16(18)14-8-9-14/h3-7,14-17H,2,8-12H2,1H3. The molecule has 1 N–H and O–H groups in total. The first kappa shape index (κ1) is 12.2. The summed E-state index contributed by atoms with van der Waals surface area (Å²) in [7, 11) is 0. The molecule has 3 rings (SSSR count). The van der Waals surface area contributed by atoms with Crippen molar-refractivity contribution in [3.63, 3.8) is 0 Å². The van der Waals surface area contributed by atoms with Crippen LogP contribution >= 0.6 is 0 Å². The van der Waals surface area contributed by atoms with Crippen molar-refractivity contribution in [2.75, 3.05) is 19.6 Å². The van der Waals surface area contributed by atoms with Crippen molar-refractivity contribution >= 4 is 0 Å². The normalized spacial score (nSPS) is 29.4. The zero-order valence-corrected chi connectivity index (χ0v) is 11.3. The van der Waals surface area contributed by atoms with E-state index in [-0.39, 0.29) is 0 Å². The van der Waals surface area contributed by atoms with Crippen LogP contribution < -0.4 is 5.32 Å². The summed E-state index contributed by atoms with van der Waals surface area (Å²) in [6.45, 7) is 5.91. The van der Waals surface area contributed by atoms with E-state index >= 15 is 0 Å². The molecule has 0 bridgehead atoms. The molecular formula is C16H24N2. The minimum atomic E-state index is 0.627. The minimum absolute atomic E-state index is 0.627. The molecule has 1 saturated carbocycles. The van der Waals surface area contributed by atoms with E-state index in [1.54, 1.807) is 0 Å². The second kappa shape index (κ2) is 5.41. The quantitative estimate of drug-likeness (QED) is 0.874. The number of nitrogens with zero attached hydrogens (tertiary/aromatic N) is 1. The van der Waals surface area contributed by atoms with Gasteiger partial charge in [-0.3, -0.25) is 4.90 Å². The predicted octanol–water partition coefficient (Wildman–Crippen LogP) is 2.30. The summed E-state index contributed by atoms with van der Waals surface area (Å²) < 4.78 is 0. The third-order valence-corrected chi connectivity index (χ3v) is 4.44. The Morgan fingerprint density at radius 1 is 1.22 bits per heavy atom. The lowest BCUT2D eigenvalue weighted by Crippen LogP contribution is -2.57. The van der Waals surface area contributed by atoms with E-state index < -0.39 is 0 Å². The average Bonchev–Trinajstić information content (AvgIpc) is 3.24. The molecule has 0 radical (unpaired) electrons. The summed E-state index contributed by atoms with van der Waals surface area (Å²) in [6, 6.07) is 12.3. The highest BCUT2D eigenvalue weighted by Gasteiger charge is 2.37. The van der Waals surface area contributed by atoms with Gasteiger partial charge < -0.3 is 5.32 Å². The molecule has 18 heavy (non-hydrogen) atoms. The van der Waals surface area contributed by atoms with E-state index in [4.69, 9.17) is 0 Å². The molecule has 0 aromatic heterocycles. The summed E-state index contributed by atoms with van der Waals surface area (Å²) in [6.07, 6.45) is 4.06. The summed E-state index contributed by atoms with van der Waals surface area (Å²) >= 11 is 0. The SMILES string of the molecule is CCN1CC(Cc2ccccc2)NCC1C1CC1. The monoisotopic (exact) mass is 244 g/mol. The van der Waals surface area contributed by atoms with Crippen LogP contribution in [0.3, 0.4) is 0 Å². The maximum atomic E-state index is 3.76. The van der Waals surface area contributed by atoms with Crippen molar-refractivity contribution in [2.24, 2.45) is 5.92 Å². The van der Waals surface area contributed by atoms with Crippen LogP contribution in [0.1, 0.15) is 25.3 Å². The van der Waals surface area contributed by atoms with Gasteiger partial charge >= 0.3 is 0 Å². The van der Waals surface area contributed by atoms with Crippen LogP contribution in [0.2, 0.25) is 0 Å². The summed E-state index contributed by atoms with van der Waals surface area (Å²) in [5.74, 6) is 0.982. The summed E-state index contributed by atoms with van der Waals surface area (Å²) in [5, 5.41) is 3.76. The number of nitrogens with one attached hydrogen (secondary N) is 1. The molecule has 1 saturated heterocycles. The number of hydrogen-bond acceptors (Lipinski definition) is 2. The van der Waals surface area contributed by atoms with E-state index in [0.717, 1.165) is 18.4 Å². The zero-order chi connectivity index (χ0) is 12.4. The van der Waals surface area contributed by atoms with Crippen LogP contribution in [-0.4, -0.2) is 36.6 Å². The fraction of sp³-hybridized carbons (Fsp3) is 0.625. The fourth-order valence-corrected chi connectivity index (χ4v) is 3.24. The van der Waals surface area contributed by atoms with E-state index in [0.29, 0.717) is 6.04 Å². The Kier molecular flexibility index (Phi) is 3.67. The molecule has 1 aromatic rings. The third kappa shape index (κ3) is 2.76. The van der Waals surface area contributed by atoms with Crippen LogP contribution in [0.25, 0.3) is 0 Å². The minimum Gasteiger partial charge on any atom is -0.311 e. The molecule has 2 unspecified atom stereocenters. The zero-order valence-electron chi connectivity index (χ0n) is 11.3. The smallest absolute Gasteiger partial charge is 0.0249 e. The topological polar surface area (TPSA) is 15.3 Å². The average molecular weight is 244 g/mol. The predicted molar refractivity (Wildman–Crippen MR) is 75.7 cm³/mol. The molecule has 1 heterocycles. The van der Waals surface area contributed by atoms with Gasteiger partial charge in [0, 0.05) is 25.2 Å². The Morgan fingerprint density at radius 3 is 2.67 bits per heavy atom. The highest BCUT2D eigenvalue weighted by molar-refractivity contribution is 5.16. The Balaban J connectivity index is 1.59. The van der Waals surface area contributed by atoms with Gasteiger partial charge in [-0.25, -0.2) is 0 Å². The van der Waals surface area contributed by atoms with Gasteiger partial charge in [0.1, 0.15) is 0 Å². The van der Waals surface area contributed by atoms with Gasteiger partial charge in [0.05, 0.1) is 0 Å². The van der Waals surface area contributed by atoms with Crippen molar-refractivity contribution in [2.45, 2.75) is 38.3 Å². The molecule has 2 aliphatic rings. The number of hydrogen-bond donors (Lipinski definition) is 1. The highest BCUT2D eigenvalue weighted by atomic mass is 15.2. The third-order valence-electron chi connectivity index (χ3n) is 4.44. The largest absolute Gasteiger partial charge is 0.311 e. The van der Waals surface area contributed by atoms with Crippen molar-refractivity contribution in [3.05, 3.63) is 35.9 Å². The van der Waals surface area contributed by atoms with Gasteiger partial charge in [0.15, 0.2) is 0 Å². The molecule has 0 amide bonds. The first-order valence-electron chi connectivity index (χ1n) is 7.38. The van der Waals surface area contributed by atoms with Crippen LogP contribution in [0.4, 0.5) is 0 Å². The lowest BCUT2D eigenvalue weighted by molar-refractivity contribution is 0.121. The number of benzene rings is 1. The summed E-state index contributed by atoms with van der Waals surface area (Å²) in [5.41, 5.74) is 1.45. The van der Waals surface area contributed by atoms with E-state index in [1.165, 1.54) is 38.0 Å². The fourth-order valence-electron chi connectivity index (χ4n) is 3.24. The molecule has 2 atom stereocenters. The number of likely N-dealkylation sites (N-methyl/N-ethyl adjacent to an activating group) is 1. The van der Waals surface area contributed by atoms with E-state index in [9.17, 15) is 0 Å². The molecular weight excluding hydrogens is 220 g/mol. The van der Waals surface area contributed by atoms with Gasteiger partial charge in [-0.15, -0.1) is 0 Å². The Bertz CT molecular complexity index is 372. The van der Waals surface area contributed by atoms with Crippen molar-refractivity contribution < 1.29 is 0 Å². The van der Waals surface area contributed by atoms with E-state index in [1.807, 2.05) is 0 Å². The van der Waals surface area contributed by atoms with Crippen molar-refractivity contribution in [1.29, 1.82) is 0 Å². The molecule has 0 spiro atoms. The van der Waals surface area contributed by atoms with E-state index in [2.05, 4.69) is 47.5 Å². The first-order valence-corrected chi connectivity index (χ1v) is 7.38. The molecule has 2 fully saturated rings. The van der Waals surface area contributed by atoms with Gasteiger partial charge in [-0.1, -0.05) is 37.3 Å². The maximum Gasteiger partial charge on any atom is 0.0249 e. The number of rotatable bonds is 4. The van der Waals surface area contributed by atoms with Crippen LogP contribution in [0.5, 0.6) is 0 Å².